The number of carbonyl (C=O) groups excluding carboxylic acids is 3. The number of fused-ring (bicyclic) bond motifs is 7. The zero-order valence-electron chi connectivity index (χ0n) is 16.2. The fraction of sp³-hybridized carbons (Fsp3) is 0.870. The van der Waals surface area contributed by atoms with Crippen molar-refractivity contribution in [1.82, 2.24) is 0 Å². The van der Waals surface area contributed by atoms with Gasteiger partial charge in [0, 0.05) is 6.42 Å². The van der Waals surface area contributed by atoms with Crippen LogP contribution >= 0.6 is 0 Å². The molecule has 0 saturated heterocycles. The zero-order valence-corrected chi connectivity index (χ0v) is 16.2. The number of ether oxygens (including phenoxy) is 1. The van der Waals surface area contributed by atoms with E-state index in [9.17, 15) is 14.4 Å². The lowest BCUT2D eigenvalue weighted by Gasteiger charge is -2.59. The van der Waals surface area contributed by atoms with Crippen LogP contribution in [0.1, 0.15) is 77.0 Å². The number of ketones is 2. The number of carbonyl (C=O) groups is 3. The van der Waals surface area contributed by atoms with Crippen LogP contribution < -0.4 is 0 Å². The Labute approximate surface area is 161 Å². The van der Waals surface area contributed by atoms with Crippen molar-refractivity contribution in [3.63, 3.8) is 0 Å². The summed E-state index contributed by atoms with van der Waals surface area (Å²) in [6, 6.07) is 0. The predicted molar refractivity (Wildman–Crippen MR) is 99.7 cm³/mol. The van der Waals surface area contributed by atoms with Gasteiger partial charge in [-0.15, -0.1) is 0 Å². The predicted octanol–water partition coefficient (Wildman–Crippen LogP) is 4.10. The lowest BCUT2D eigenvalue weighted by atomic mass is 9.47. The Morgan fingerprint density at radius 3 is 2.33 bits per heavy atom. The maximum atomic E-state index is 12.9. The van der Waals surface area contributed by atoms with Gasteiger partial charge < -0.3 is 4.74 Å². The van der Waals surface area contributed by atoms with E-state index in [2.05, 4.69) is 0 Å². The SMILES string of the molecule is O=COC12CCC(=O)C(=O)C1C1CCC3C4CCCCC4CCC3C1CC2. The van der Waals surface area contributed by atoms with E-state index in [0.717, 1.165) is 42.9 Å². The molecule has 4 heteroatoms. The maximum Gasteiger partial charge on any atom is 0.293 e. The molecule has 148 valence electrons. The molecule has 0 spiro atoms. The van der Waals surface area contributed by atoms with Crippen LogP contribution in [0.4, 0.5) is 0 Å². The smallest absolute Gasteiger partial charge is 0.293 e. The van der Waals surface area contributed by atoms with E-state index in [0.29, 0.717) is 18.8 Å². The van der Waals surface area contributed by atoms with E-state index in [1.807, 2.05) is 0 Å². The van der Waals surface area contributed by atoms with Crippen LogP contribution in [-0.4, -0.2) is 23.6 Å². The third-order valence-corrected chi connectivity index (χ3v) is 9.38. The van der Waals surface area contributed by atoms with E-state index in [1.165, 1.54) is 44.9 Å². The Bertz CT molecular complexity index is 642. The molecule has 0 N–H and O–H groups in total. The second-order valence-electron chi connectivity index (χ2n) is 10.1. The first-order chi connectivity index (χ1) is 13.1. The van der Waals surface area contributed by atoms with Gasteiger partial charge in [0.1, 0.15) is 5.60 Å². The summed E-state index contributed by atoms with van der Waals surface area (Å²) in [5, 5.41) is 0. The maximum absolute atomic E-state index is 12.9. The average Bonchev–Trinajstić information content (AvgIpc) is 2.70. The van der Waals surface area contributed by atoms with Crippen molar-refractivity contribution < 1.29 is 19.1 Å². The van der Waals surface area contributed by atoms with E-state index in [-0.39, 0.29) is 29.8 Å². The molecule has 0 heterocycles. The van der Waals surface area contributed by atoms with Gasteiger partial charge in [0.25, 0.3) is 6.47 Å². The highest BCUT2D eigenvalue weighted by Crippen LogP contribution is 2.61. The summed E-state index contributed by atoms with van der Waals surface area (Å²) < 4.78 is 5.61. The first-order valence-corrected chi connectivity index (χ1v) is 11.3. The zero-order chi connectivity index (χ0) is 18.6. The van der Waals surface area contributed by atoms with Gasteiger partial charge in [0.05, 0.1) is 5.92 Å². The van der Waals surface area contributed by atoms with Crippen LogP contribution in [0, 0.1) is 41.4 Å². The molecule has 4 nitrogen and oxygen atoms in total. The molecule has 8 atom stereocenters. The van der Waals surface area contributed by atoms with E-state index in [1.54, 1.807) is 0 Å². The van der Waals surface area contributed by atoms with Crippen molar-refractivity contribution in [3.05, 3.63) is 0 Å². The van der Waals surface area contributed by atoms with Gasteiger partial charge in [0.2, 0.25) is 5.78 Å². The van der Waals surface area contributed by atoms with E-state index < -0.39 is 5.60 Å². The summed E-state index contributed by atoms with van der Waals surface area (Å²) >= 11 is 0. The highest BCUT2D eigenvalue weighted by Gasteiger charge is 2.61. The van der Waals surface area contributed by atoms with Crippen LogP contribution in [0.2, 0.25) is 0 Å². The fourth-order valence-corrected chi connectivity index (χ4v) is 8.39. The molecule has 0 bridgehead atoms. The molecule has 0 radical (unpaired) electrons. The molecule has 0 aromatic carbocycles. The molecule has 8 unspecified atom stereocenters. The molecule has 0 amide bonds. The Kier molecular flexibility index (Phi) is 4.44. The first kappa shape index (κ1) is 17.9. The lowest BCUT2D eigenvalue weighted by Crippen LogP contribution is -2.61. The number of Topliss-reactive ketones (excluding diaryl/α,β-unsaturated/α-hetero) is 2. The minimum absolute atomic E-state index is 0.233. The molecule has 5 rings (SSSR count). The van der Waals surface area contributed by atoms with Gasteiger partial charge in [-0.2, -0.15) is 0 Å². The van der Waals surface area contributed by atoms with Crippen molar-refractivity contribution in [1.29, 1.82) is 0 Å². The summed E-state index contributed by atoms with van der Waals surface area (Å²) in [4.78, 5) is 36.4. The molecule has 0 aliphatic heterocycles. The minimum Gasteiger partial charge on any atom is -0.460 e. The molecule has 0 aromatic heterocycles. The molecule has 5 fully saturated rings. The van der Waals surface area contributed by atoms with Gasteiger partial charge >= 0.3 is 0 Å². The molecule has 5 aliphatic carbocycles. The van der Waals surface area contributed by atoms with Crippen LogP contribution in [-0.2, 0) is 19.1 Å². The summed E-state index contributed by atoms with van der Waals surface area (Å²) in [5.41, 5.74) is -0.692. The van der Waals surface area contributed by atoms with Crippen molar-refractivity contribution in [2.75, 3.05) is 0 Å². The molecular weight excluding hydrogens is 340 g/mol. The minimum atomic E-state index is -0.692. The summed E-state index contributed by atoms with van der Waals surface area (Å²) in [7, 11) is 0. The van der Waals surface area contributed by atoms with Crippen molar-refractivity contribution in [2.45, 2.75) is 82.7 Å². The third kappa shape index (κ3) is 2.65. The van der Waals surface area contributed by atoms with Gasteiger partial charge in [-0.1, -0.05) is 19.3 Å². The Balaban J connectivity index is 1.44. The molecule has 0 aromatic rings. The summed E-state index contributed by atoms with van der Waals surface area (Å²) in [6.45, 7) is 0.523. The summed E-state index contributed by atoms with van der Waals surface area (Å²) in [6.07, 6.45) is 13.2. The standard InChI is InChI=1S/C23H32O4/c24-13-27-23-11-9-18-17-6-5-14-3-1-2-4-15(14)16(17)7-8-19(18)21(23)22(26)20(25)10-12-23/h13-19,21H,1-12H2. The average molecular weight is 373 g/mol. The highest BCUT2D eigenvalue weighted by molar-refractivity contribution is 6.39. The number of rotatable bonds is 2. The Morgan fingerprint density at radius 2 is 1.48 bits per heavy atom. The molecule has 5 saturated carbocycles. The Morgan fingerprint density at radius 1 is 0.778 bits per heavy atom. The van der Waals surface area contributed by atoms with Gasteiger partial charge in [-0.25, -0.2) is 0 Å². The lowest BCUT2D eigenvalue weighted by molar-refractivity contribution is -0.188. The first-order valence-electron chi connectivity index (χ1n) is 11.3. The second kappa shape index (κ2) is 6.70. The highest BCUT2D eigenvalue weighted by atomic mass is 16.5. The topological polar surface area (TPSA) is 60.4 Å². The quantitative estimate of drug-likeness (QED) is 0.541. The largest absolute Gasteiger partial charge is 0.460 e. The Hall–Kier alpha value is -1.19. The van der Waals surface area contributed by atoms with Gasteiger partial charge in [-0.3, -0.25) is 14.4 Å². The van der Waals surface area contributed by atoms with Crippen molar-refractivity contribution in [3.8, 4) is 0 Å². The van der Waals surface area contributed by atoms with Crippen molar-refractivity contribution in [2.24, 2.45) is 41.4 Å². The number of hydrogen-bond acceptors (Lipinski definition) is 4. The monoisotopic (exact) mass is 372 g/mol. The van der Waals surface area contributed by atoms with Gasteiger partial charge in [-0.05, 0) is 86.9 Å². The van der Waals surface area contributed by atoms with Gasteiger partial charge in [0.15, 0.2) is 5.78 Å². The number of hydrogen-bond donors (Lipinski definition) is 0. The normalized spacial score (nSPS) is 49.3. The van der Waals surface area contributed by atoms with Crippen LogP contribution in [0.15, 0.2) is 0 Å². The van der Waals surface area contributed by atoms with E-state index in [4.69, 9.17) is 4.74 Å². The van der Waals surface area contributed by atoms with Crippen LogP contribution in [0.5, 0.6) is 0 Å². The second-order valence-corrected chi connectivity index (χ2v) is 10.1. The third-order valence-electron chi connectivity index (χ3n) is 9.38. The molecular formula is C23H32O4. The van der Waals surface area contributed by atoms with Crippen LogP contribution in [0.3, 0.4) is 0 Å². The van der Waals surface area contributed by atoms with Crippen molar-refractivity contribution >= 4 is 18.0 Å². The molecule has 5 aliphatic rings. The summed E-state index contributed by atoms with van der Waals surface area (Å²) in [5.74, 6) is 3.36. The van der Waals surface area contributed by atoms with E-state index >= 15 is 0 Å². The van der Waals surface area contributed by atoms with Crippen LogP contribution in [0.25, 0.3) is 0 Å². The fourth-order valence-electron chi connectivity index (χ4n) is 8.39. The molecule has 27 heavy (non-hydrogen) atoms.